The van der Waals surface area contributed by atoms with E-state index < -0.39 is 9.84 Å². The highest BCUT2D eigenvalue weighted by atomic mass is 32.2. The fraction of sp³-hybridized carbons (Fsp3) is 0.181. The second-order valence-electron chi connectivity index (χ2n) is 29.4. The molecule has 0 fully saturated rings. The Morgan fingerprint density at radius 1 is 0.360 bits per heavy atom. The van der Waals surface area contributed by atoms with Crippen LogP contribution in [0.1, 0.15) is 98.7 Å². The van der Waals surface area contributed by atoms with Gasteiger partial charge < -0.3 is 9.30 Å². The molecule has 111 heavy (non-hydrogen) atoms. The van der Waals surface area contributed by atoms with Crippen molar-refractivity contribution in [3.05, 3.63) is 411 Å². The second kappa shape index (κ2) is 41.4. The Morgan fingerprint density at radius 2 is 0.766 bits per heavy atom. The Kier molecular flexibility index (Phi) is 31.8. The van der Waals surface area contributed by atoms with Gasteiger partial charge in [-0.3, -0.25) is 0 Å². The number of ether oxygens (including phenoxy) is 1. The zero-order valence-corrected chi connectivity index (χ0v) is 70.1. The minimum Gasteiger partial charge on any atom is -0.496 e. The summed E-state index contributed by atoms with van der Waals surface area (Å²) in [6.07, 6.45) is 5.21. The predicted molar refractivity (Wildman–Crippen MR) is 489 cm³/mol. The molecule has 0 atom stereocenters. The van der Waals surface area contributed by atoms with Gasteiger partial charge in [0.25, 0.3) is 0 Å². The molecule has 0 bridgehead atoms. The molecule has 0 amide bonds. The van der Waals surface area contributed by atoms with Gasteiger partial charge in [-0.25, -0.2) is 8.42 Å². The summed E-state index contributed by atoms with van der Waals surface area (Å²) in [7, 11) is 0.765. The number of benzene rings is 15. The van der Waals surface area contributed by atoms with Crippen molar-refractivity contribution in [3.8, 4) is 5.75 Å². The smallest absolute Gasteiger partial charge is 0.175 e. The van der Waals surface area contributed by atoms with Crippen LogP contribution in [0, 0.1) is 83.1 Å². The molecule has 0 saturated heterocycles. The number of fused-ring (bicyclic) bond motifs is 7. The van der Waals surface area contributed by atoms with Gasteiger partial charge in [0.15, 0.2) is 9.84 Å². The monoisotopic (exact) mass is 1500 g/mol. The predicted octanol–water partition coefficient (Wildman–Crippen LogP) is 29.4. The molecule has 6 heteroatoms. The molecular weight excluding hydrogens is 1390 g/mol. The van der Waals surface area contributed by atoms with Crippen molar-refractivity contribution in [3.63, 3.8) is 0 Å². The van der Waals surface area contributed by atoms with E-state index in [4.69, 9.17) is 4.74 Å². The van der Waals surface area contributed by atoms with Crippen LogP contribution in [0.25, 0.3) is 80.9 Å². The largest absolute Gasteiger partial charge is 0.496 e. The van der Waals surface area contributed by atoms with Crippen molar-refractivity contribution in [2.75, 3.05) is 13.4 Å². The number of nitrogens with zero attached hydrogens (tertiary/aromatic N) is 1. The van der Waals surface area contributed by atoms with E-state index in [1.807, 2.05) is 36.5 Å². The van der Waals surface area contributed by atoms with Gasteiger partial charge in [0.1, 0.15) is 5.75 Å². The average Bonchev–Trinajstić information content (AvgIpc) is 1.81. The third-order valence-corrected chi connectivity index (χ3v) is 21.8. The molecule has 0 aliphatic rings. The maximum Gasteiger partial charge on any atom is 0.175 e. The molecule has 566 valence electrons. The standard InChI is InChI=1S/C12H12O.2C12H12.2C11H10.C11H16.C10H11N.C9H8S.C9H10.C8H10O2S/c1-9-11-6-4-3-5-10(11)7-8-12(9)13-2;1-9-7-8-11-5-3-4-6-12(11)10(9)2;1-9-7-8-10(2)12-6-4-3-5-11(9)12;1-9-5-4-7-10-6-2-3-8-11(9)10;1-9-6-7-10-4-2-3-5-11(10)8-9;1-9-5-7-10(8-6-9)11(2,3)4;1-8-7-11(2)10-6-4-3-5-9(8)10;1-7-6-10-9-5-3-2-4-8(7)9;1-3-9-6-4-8(2)5-7-9;1-7-3-5-8(6-4-7)11(2,9)10/h3-8H,1-2H3;2*3-8H,1-2H3;2*2-8H,1H3;5-8H,1-4H3;3-7H,1-2H3;2-6H,1H3;3-7H,1H2,2H3;3-6H,1-2H3. The number of methoxy groups -OCH3 is 1. The lowest BCUT2D eigenvalue weighted by Crippen LogP contribution is -2.10. The maximum absolute atomic E-state index is 10.9. The summed E-state index contributed by atoms with van der Waals surface area (Å²) in [4.78, 5) is 0.378. The fourth-order valence-electron chi connectivity index (χ4n) is 12.7. The number of thiophene rings is 1. The zero-order valence-electron chi connectivity index (χ0n) is 68.4. The van der Waals surface area contributed by atoms with Gasteiger partial charge >= 0.3 is 0 Å². The van der Waals surface area contributed by atoms with Crippen molar-refractivity contribution < 1.29 is 13.2 Å². The first-order valence-corrected chi connectivity index (χ1v) is 40.7. The van der Waals surface area contributed by atoms with Gasteiger partial charge in [-0.05, 0) is 239 Å². The number of aromatic nitrogens is 1. The normalized spacial score (nSPS) is 10.5. The lowest BCUT2D eigenvalue weighted by molar-refractivity contribution is 0.412. The number of hydrogen-bond donors (Lipinski definition) is 0. The summed E-state index contributed by atoms with van der Waals surface area (Å²) < 4.78 is 30.7. The van der Waals surface area contributed by atoms with Crippen molar-refractivity contribution >= 4 is 102 Å². The minimum absolute atomic E-state index is 0.285. The summed E-state index contributed by atoms with van der Waals surface area (Å²) in [5.74, 6) is 0.957. The fourth-order valence-corrected chi connectivity index (χ4v) is 14.2. The molecule has 17 aromatic rings. The quantitative estimate of drug-likeness (QED) is 0.177. The van der Waals surface area contributed by atoms with Gasteiger partial charge in [0.05, 0.1) is 12.0 Å². The molecule has 0 aliphatic heterocycles. The second-order valence-corrected chi connectivity index (χ2v) is 32.3. The number of para-hydroxylation sites is 1. The third-order valence-electron chi connectivity index (χ3n) is 19.6. The van der Waals surface area contributed by atoms with Gasteiger partial charge in [-0.1, -0.05) is 341 Å². The van der Waals surface area contributed by atoms with Crippen LogP contribution in [0.2, 0.25) is 0 Å². The van der Waals surface area contributed by atoms with Crippen molar-refractivity contribution in [2.45, 2.75) is 114 Å². The molecule has 0 aliphatic carbocycles. The third kappa shape index (κ3) is 25.3. The molecule has 4 nitrogen and oxygen atoms in total. The molecule has 2 heterocycles. The van der Waals surface area contributed by atoms with Crippen molar-refractivity contribution in [1.29, 1.82) is 0 Å². The summed E-state index contributed by atoms with van der Waals surface area (Å²) in [5.41, 5.74) is 20.0. The molecule has 15 aromatic carbocycles. The van der Waals surface area contributed by atoms with E-state index >= 15 is 0 Å². The number of hydrogen-bond acceptors (Lipinski definition) is 4. The molecule has 0 spiro atoms. The van der Waals surface area contributed by atoms with Crippen LogP contribution in [0.3, 0.4) is 0 Å². The first kappa shape index (κ1) is 85.2. The number of sulfone groups is 1. The SMILES string of the molecule is C=Cc1ccc(C)cc1.COc1ccc2ccccc2c1C.Cc1ccc(C(C)(C)C)cc1.Cc1ccc(C)c2ccccc12.Cc1ccc(S(C)(=O)=O)cc1.Cc1ccc2ccccc2c1.Cc1ccc2ccccc2c1C.Cc1cccc2ccccc12.Cc1cn(C)c2ccccc12.Cc1csc2ccccc12. The Hall–Kier alpha value is -11.4. The first-order chi connectivity index (χ1) is 53.1. The van der Waals surface area contributed by atoms with E-state index in [1.165, 1.54) is 153 Å². The number of rotatable bonds is 3. The Morgan fingerprint density at radius 3 is 1.28 bits per heavy atom. The highest BCUT2D eigenvalue weighted by Gasteiger charge is 2.12. The number of aryl methyl sites for hydroxylation is 13. The van der Waals surface area contributed by atoms with Gasteiger partial charge in [0, 0.05) is 35.1 Å². The highest BCUT2D eigenvalue weighted by molar-refractivity contribution is 7.90. The van der Waals surface area contributed by atoms with Crippen LogP contribution >= 0.6 is 11.3 Å². The topological polar surface area (TPSA) is 48.3 Å². The zero-order chi connectivity index (χ0) is 80.2. The minimum atomic E-state index is -3.02. The van der Waals surface area contributed by atoms with Gasteiger partial charge in [-0.2, -0.15) is 0 Å². The van der Waals surface area contributed by atoms with Crippen LogP contribution in [-0.4, -0.2) is 26.4 Å². The Balaban J connectivity index is 0.000000155. The summed E-state index contributed by atoms with van der Waals surface area (Å²) in [5, 5.41) is 18.3. The highest BCUT2D eigenvalue weighted by Crippen LogP contribution is 2.29. The summed E-state index contributed by atoms with van der Waals surface area (Å²) in [6.45, 7) is 35.8. The lowest BCUT2D eigenvalue weighted by Gasteiger charge is -2.18. The van der Waals surface area contributed by atoms with Crippen molar-refractivity contribution in [1.82, 2.24) is 4.57 Å². The van der Waals surface area contributed by atoms with E-state index in [1.54, 1.807) is 31.4 Å². The Bertz CT molecular complexity index is 5840. The molecule has 0 radical (unpaired) electrons. The lowest BCUT2D eigenvalue weighted by atomic mass is 9.87. The molecule has 0 unspecified atom stereocenters. The van der Waals surface area contributed by atoms with Gasteiger partial charge in [0.2, 0.25) is 0 Å². The first-order valence-electron chi connectivity index (χ1n) is 37.9. The molecular formula is C105H111NO3S2. The van der Waals surface area contributed by atoms with Crippen LogP contribution in [0.5, 0.6) is 5.75 Å². The maximum atomic E-state index is 10.9. The van der Waals surface area contributed by atoms with Gasteiger partial charge in [-0.15, -0.1) is 11.3 Å². The average molecular weight is 1500 g/mol. The Labute approximate surface area is 667 Å². The van der Waals surface area contributed by atoms with Crippen LogP contribution in [-0.2, 0) is 22.3 Å². The van der Waals surface area contributed by atoms with E-state index in [-0.39, 0.29) is 5.41 Å². The van der Waals surface area contributed by atoms with E-state index in [0.717, 1.165) is 11.3 Å². The van der Waals surface area contributed by atoms with E-state index in [9.17, 15) is 8.42 Å². The van der Waals surface area contributed by atoms with E-state index in [0.29, 0.717) is 4.90 Å². The van der Waals surface area contributed by atoms with Crippen LogP contribution < -0.4 is 4.74 Å². The molecule has 17 rings (SSSR count). The molecule has 0 saturated carbocycles. The van der Waals surface area contributed by atoms with Crippen LogP contribution in [0.15, 0.2) is 339 Å². The summed E-state index contributed by atoms with van der Waals surface area (Å²) in [6, 6.07) is 109. The van der Waals surface area contributed by atoms with Crippen molar-refractivity contribution in [2.24, 2.45) is 7.05 Å². The molecule has 0 N–H and O–H groups in total. The summed E-state index contributed by atoms with van der Waals surface area (Å²) >= 11 is 1.81. The van der Waals surface area contributed by atoms with Crippen LogP contribution in [0.4, 0.5) is 0 Å². The molecule has 2 aromatic heterocycles. The van der Waals surface area contributed by atoms with E-state index in [2.05, 4.69) is 406 Å².